The van der Waals surface area contributed by atoms with Gasteiger partial charge in [0.15, 0.2) is 0 Å². The Balaban J connectivity index is 1.54. The van der Waals surface area contributed by atoms with E-state index in [1.165, 1.54) is 19.4 Å². The second-order valence-corrected chi connectivity index (χ2v) is 7.60. The monoisotopic (exact) mass is 233 g/mol. The van der Waals surface area contributed by atoms with Crippen molar-refractivity contribution in [2.45, 2.75) is 51.9 Å². The van der Waals surface area contributed by atoms with Crippen LogP contribution < -0.4 is 5.32 Å². The van der Waals surface area contributed by atoms with E-state index >= 15 is 0 Å². The maximum Gasteiger partial charge on any atom is 0.00106 e. The van der Waals surface area contributed by atoms with E-state index in [1.54, 1.807) is 32.1 Å². The molecule has 4 bridgehead atoms. The third kappa shape index (κ3) is 1.61. The van der Waals surface area contributed by atoms with Crippen molar-refractivity contribution >= 4 is 0 Å². The predicted molar refractivity (Wildman–Crippen MR) is 70.7 cm³/mol. The molecule has 5 aliphatic carbocycles. The molecular formula is C16H27N. The Morgan fingerprint density at radius 2 is 1.53 bits per heavy atom. The Hall–Kier alpha value is -0.0400. The van der Waals surface area contributed by atoms with E-state index in [4.69, 9.17) is 0 Å². The summed E-state index contributed by atoms with van der Waals surface area (Å²) in [6.45, 7) is 4.75. The van der Waals surface area contributed by atoms with Crippen LogP contribution in [-0.4, -0.2) is 13.1 Å². The average molecular weight is 233 g/mol. The summed E-state index contributed by atoms with van der Waals surface area (Å²) in [7, 11) is 0. The molecular weight excluding hydrogens is 206 g/mol. The van der Waals surface area contributed by atoms with E-state index in [0.717, 1.165) is 41.5 Å². The van der Waals surface area contributed by atoms with Gasteiger partial charge in [0, 0.05) is 6.54 Å². The molecule has 5 aliphatic rings. The summed E-state index contributed by atoms with van der Waals surface area (Å²) in [5.41, 5.74) is 0.763. The van der Waals surface area contributed by atoms with Gasteiger partial charge in [-0.3, -0.25) is 0 Å². The summed E-state index contributed by atoms with van der Waals surface area (Å²) in [5, 5.41) is 3.66. The Kier molecular flexibility index (Phi) is 2.38. The molecule has 17 heavy (non-hydrogen) atoms. The van der Waals surface area contributed by atoms with Crippen molar-refractivity contribution in [3.05, 3.63) is 0 Å². The molecule has 5 rings (SSSR count). The third-order valence-corrected chi connectivity index (χ3v) is 6.55. The van der Waals surface area contributed by atoms with Crippen LogP contribution in [0.4, 0.5) is 0 Å². The average Bonchev–Trinajstić information content (AvgIpc) is 3.06. The lowest BCUT2D eigenvalue weighted by molar-refractivity contribution is -0.0682. The maximum atomic E-state index is 3.66. The predicted octanol–water partition coefficient (Wildman–Crippen LogP) is 3.45. The Labute approximate surface area is 106 Å². The first kappa shape index (κ1) is 10.8. The quantitative estimate of drug-likeness (QED) is 0.784. The van der Waals surface area contributed by atoms with Crippen LogP contribution in [0.1, 0.15) is 51.9 Å². The van der Waals surface area contributed by atoms with Gasteiger partial charge in [-0.1, -0.05) is 6.92 Å². The molecule has 0 radical (unpaired) electrons. The summed E-state index contributed by atoms with van der Waals surface area (Å²) in [6, 6.07) is 0. The van der Waals surface area contributed by atoms with Crippen LogP contribution in [0.3, 0.4) is 0 Å². The van der Waals surface area contributed by atoms with Crippen molar-refractivity contribution in [1.29, 1.82) is 0 Å². The molecule has 1 heteroatoms. The van der Waals surface area contributed by atoms with E-state index in [0.29, 0.717) is 0 Å². The van der Waals surface area contributed by atoms with Gasteiger partial charge in [0.2, 0.25) is 0 Å². The Bertz CT molecular complexity index is 277. The molecule has 5 saturated carbocycles. The molecule has 0 aromatic rings. The lowest BCUT2D eigenvalue weighted by Crippen LogP contribution is -2.50. The number of nitrogens with one attached hydrogen (secondary N) is 1. The Morgan fingerprint density at radius 1 is 0.941 bits per heavy atom. The molecule has 0 atom stereocenters. The minimum absolute atomic E-state index is 0.763. The summed E-state index contributed by atoms with van der Waals surface area (Å²) in [5.74, 6) is 5.67. The lowest BCUT2D eigenvalue weighted by Gasteiger charge is -2.57. The standard InChI is InChI=1S/C16H27N/c1-2-17-10-16(3-4-16)15-13-6-11-5-12(8-13)9-14(15)7-11/h11-15,17H,2-10H2,1H3. The second-order valence-electron chi connectivity index (χ2n) is 7.60. The maximum absolute atomic E-state index is 3.66. The molecule has 0 aliphatic heterocycles. The fourth-order valence-electron chi connectivity index (χ4n) is 6.09. The smallest absolute Gasteiger partial charge is 0.00106 e. The number of hydrogen-bond acceptors (Lipinski definition) is 1. The fourth-order valence-corrected chi connectivity index (χ4v) is 6.09. The largest absolute Gasteiger partial charge is 0.316 e. The first-order chi connectivity index (χ1) is 8.31. The third-order valence-electron chi connectivity index (χ3n) is 6.55. The fraction of sp³-hybridized carbons (Fsp3) is 1.00. The molecule has 1 nitrogen and oxygen atoms in total. The van der Waals surface area contributed by atoms with Gasteiger partial charge in [-0.05, 0) is 86.5 Å². The van der Waals surface area contributed by atoms with Crippen LogP contribution >= 0.6 is 0 Å². The van der Waals surface area contributed by atoms with Crippen molar-refractivity contribution in [1.82, 2.24) is 5.32 Å². The normalized spacial score (nSPS) is 49.6. The summed E-state index contributed by atoms with van der Waals surface area (Å²) >= 11 is 0. The van der Waals surface area contributed by atoms with Gasteiger partial charge in [0.25, 0.3) is 0 Å². The summed E-state index contributed by atoms with van der Waals surface area (Å²) in [6.07, 6.45) is 11.1. The van der Waals surface area contributed by atoms with E-state index in [1.807, 2.05) is 0 Å². The van der Waals surface area contributed by atoms with Crippen LogP contribution in [0.25, 0.3) is 0 Å². The van der Waals surface area contributed by atoms with Crippen LogP contribution in [0, 0.1) is 35.0 Å². The van der Waals surface area contributed by atoms with E-state index in [2.05, 4.69) is 12.2 Å². The minimum Gasteiger partial charge on any atom is -0.316 e. The highest BCUT2D eigenvalue weighted by Gasteiger charge is 2.59. The van der Waals surface area contributed by atoms with Crippen molar-refractivity contribution in [3.8, 4) is 0 Å². The van der Waals surface area contributed by atoms with Gasteiger partial charge >= 0.3 is 0 Å². The van der Waals surface area contributed by atoms with Gasteiger partial charge in [0.05, 0.1) is 0 Å². The van der Waals surface area contributed by atoms with Gasteiger partial charge in [-0.2, -0.15) is 0 Å². The lowest BCUT2D eigenvalue weighted by atomic mass is 9.49. The summed E-state index contributed by atoms with van der Waals surface area (Å²) < 4.78 is 0. The van der Waals surface area contributed by atoms with E-state index in [-0.39, 0.29) is 0 Å². The van der Waals surface area contributed by atoms with Gasteiger partial charge in [0.1, 0.15) is 0 Å². The minimum atomic E-state index is 0.763. The topological polar surface area (TPSA) is 12.0 Å². The highest BCUT2D eigenvalue weighted by atomic mass is 14.9. The molecule has 5 fully saturated rings. The van der Waals surface area contributed by atoms with Crippen LogP contribution in [-0.2, 0) is 0 Å². The van der Waals surface area contributed by atoms with Crippen LogP contribution in [0.2, 0.25) is 0 Å². The first-order valence-electron chi connectivity index (χ1n) is 8.01. The molecule has 0 amide bonds. The Morgan fingerprint density at radius 3 is 2.00 bits per heavy atom. The van der Waals surface area contributed by atoms with Gasteiger partial charge < -0.3 is 5.32 Å². The molecule has 0 saturated heterocycles. The number of rotatable bonds is 4. The molecule has 0 heterocycles. The van der Waals surface area contributed by atoms with Crippen molar-refractivity contribution < 1.29 is 0 Å². The van der Waals surface area contributed by atoms with Crippen molar-refractivity contribution in [2.75, 3.05) is 13.1 Å². The molecule has 1 N–H and O–H groups in total. The molecule has 0 unspecified atom stereocenters. The van der Waals surface area contributed by atoms with E-state index in [9.17, 15) is 0 Å². The molecule has 0 aromatic heterocycles. The van der Waals surface area contributed by atoms with Crippen molar-refractivity contribution in [3.63, 3.8) is 0 Å². The SMILES string of the molecule is CCNCC1(C2C3CC4CC(C3)CC2C4)CC1. The van der Waals surface area contributed by atoms with E-state index < -0.39 is 0 Å². The van der Waals surface area contributed by atoms with Crippen molar-refractivity contribution in [2.24, 2.45) is 35.0 Å². The van der Waals surface area contributed by atoms with Crippen LogP contribution in [0.15, 0.2) is 0 Å². The zero-order valence-electron chi connectivity index (χ0n) is 11.3. The summed E-state index contributed by atoms with van der Waals surface area (Å²) in [4.78, 5) is 0. The highest BCUT2D eigenvalue weighted by molar-refractivity contribution is 5.10. The molecule has 96 valence electrons. The number of hydrogen-bond donors (Lipinski definition) is 1. The molecule has 0 aromatic carbocycles. The first-order valence-corrected chi connectivity index (χ1v) is 8.01. The van der Waals surface area contributed by atoms with Gasteiger partial charge in [-0.25, -0.2) is 0 Å². The highest BCUT2D eigenvalue weighted by Crippen LogP contribution is 2.67. The van der Waals surface area contributed by atoms with Crippen LogP contribution in [0.5, 0.6) is 0 Å². The second kappa shape index (κ2) is 3.73. The zero-order chi connectivity index (χ0) is 11.5. The van der Waals surface area contributed by atoms with Gasteiger partial charge in [-0.15, -0.1) is 0 Å². The molecule has 0 spiro atoms. The zero-order valence-corrected chi connectivity index (χ0v) is 11.3.